The summed E-state index contributed by atoms with van der Waals surface area (Å²) < 4.78 is 0. The molecule has 2 N–H and O–H groups in total. The van der Waals surface area contributed by atoms with Gasteiger partial charge in [0.2, 0.25) is 0 Å². The normalized spacial score (nSPS) is 12.8. The van der Waals surface area contributed by atoms with Crippen molar-refractivity contribution in [1.29, 1.82) is 0 Å². The van der Waals surface area contributed by atoms with Gasteiger partial charge in [-0.1, -0.05) is 44.5 Å². The minimum Gasteiger partial charge on any atom is -0.324 e. The number of hydrogen-bond donors (Lipinski definition) is 1. The maximum atomic E-state index is 6.03. The van der Waals surface area contributed by atoms with Crippen molar-refractivity contribution in [2.24, 2.45) is 5.73 Å². The third-order valence-corrected chi connectivity index (χ3v) is 2.41. The zero-order chi connectivity index (χ0) is 9.68. The molecule has 0 spiro atoms. The highest BCUT2D eigenvalue weighted by Crippen LogP contribution is 2.19. The molecule has 72 valence electrons. The molecule has 1 rings (SSSR count). The van der Waals surface area contributed by atoms with Crippen molar-refractivity contribution in [1.82, 2.24) is 0 Å². The second-order valence-corrected chi connectivity index (χ2v) is 3.46. The van der Waals surface area contributed by atoms with Gasteiger partial charge in [-0.25, -0.2) is 0 Å². The molecule has 1 heteroatoms. The monoisotopic (exact) mass is 177 g/mol. The van der Waals surface area contributed by atoms with Gasteiger partial charge < -0.3 is 5.73 Å². The minimum atomic E-state index is 0.211. The second kappa shape index (κ2) is 5.03. The number of nitrogens with two attached hydrogens (primary N) is 1. The Balaban J connectivity index is 2.90. The Kier molecular flexibility index (Phi) is 3.97. The lowest BCUT2D eigenvalue weighted by Crippen LogP contribution is -2.11. The van der Waals surface area contributed by atoms with Crippen molar-refractivity contribution < 1.29 is 0 Å². The molecule has 1 aromatic carbocycles. The van der Waals surface area contributed by atoms with Crippen LogP contribution < -0.4 is 5.73 Å². The molecule has 0 bridgehead atoms. The van der Waals surface area contributed by atoms with Crippen LogP contribution in [0.2, 0.25) is 0 Å². The van der Waals surface area contributed by atoms with Crippen LogP contribution in [0.15, 0.2) is 24.3 Å². The summed E-state index contributed by atoms with van der Waals surface area (Å²) in [6.45, 7) is 4.33. The molecule has 0 aromatic heterocycles. The van der Waals surface area contributed by atoms with Gasteiger partial charge in [0, 0.05) is 6.04 Å². The van der Waals surface area contributed by atoms with Gasteiger partial charge in [-0.2, -0.15) is 0 Å². The lowest BCUT2D eigenvalue weighted by molar-refractivity contribution is 0.686. The van der Waals surface area contributed by atoms with Crippen molar-refractivity contribution >= 4 is 0 Å². The quantitative estimate of drug-likeness (QED) is 0.751. The van der Waals surface area contributed by atoms with E-state index in [1.807, 2.05) is 0 Å². The van der Waals surface area contributed by atoms with Crippen LogP contribution in [-0.2, 0) is 6.42 Å². The molecular formula is C12H19N. The smallest absolute Gasteiger partial charge is 0.0294 e. The van der Waals surface area contributed by atoms with Crippen LogP contribution >= 0.6 is 0 Å². The molecule has 0 fully saturated rings. The van der Waals surface area contributed by atoms with Crippen LogP contribution in [0.1, 0.15) is 43.9 Å². The molecule has 0 amide bonds. The molecular weight excluding hydrogens is 158 g/mol. The lowest BCUT2D eigenvalue weighted by atomic mass is 9.96. The second-order valence-electron chi connectivity index (χ2n) is 3.46. The Bertz CT molecular complexity index is 255. The van der Waals surface area contributed by atoms with Crippen molar-refractivity contribution in [3.8, 4) is 0 Å². The van der Waals surface area contributed by atoms with Gasteiger partial charge >= 0.3 is 0 Å². The zero-order valence-corrected chi connectivity index (χ0v) is 8.59. The van der Waals surface area contributed by atoms with E-state index in [-0.39, 0.29) is 6.04 Å². The summed E-state index contributed by atoms with van der Waals surface area (Å²) in [5.41, 5.74) is 8.77. The van der Waals surface area contributed by atoms with Crippen LogP contribution in [0.3, 0.4) is 0 Å². The summed E-state index contributed by atoms with van der Waals surface area (Å²) in [5, 5.41) is 0. The molecule has 0 saturated carbocycles. The molecule has 0 radical (unpaired) electrons. The van der Waals surface area contributed by atoms with E-state index < -0.39 is 0 Å². The first-order chi connectivity index (χ1) is 6.29. The van der Waals surface area contributed by atoms with Crippen LogP contribution in [0.5, 0.6) is 0 Å². The summed E-state index contributed by atoms with van der Waals surface area (Å²) >= 11 is 0. The van der Waals surface area contributed by atoms with Crippen LogP contribution in [0.25, 0.3) is 0 Å². The van der Waals surface area contributed by atoms with Gasteiger partial charge in [-0.15, -0.1) is 0 Å². The maximum absolute atomic E-state index is 6.03. The van der Waals surface area contributed by atoms with Gasteiger partial charge in [0.1, 0.15) is 0 Å². The molecule has 0 aliphatic rings. The van der Waals surface area contributed by atoms with Crippen molar-refractivity contribution in [3.63, 3.8) is 0 Å². The van der Waals surface area contributed by atoms with E-state index in [1.165, 1.54) is 17.5 Å². The van der Waals surface area contributed by atoms with E-state index in [0.29, 0.717) is 0 Å². The summed E-state index contributed by atoms with van der Waals surface area (Å²) in [6.07, 6.45) is 3.35. The first-order valence-electron chi connectivity index (χ1n) is 5.13. The van der Waals surface area contributed by atoms with E-state index in [0.717, 1.165) is 12.8 Å². The standard InChI is InChI=1S/C12H19N/c1-3-7-10-8-5-6-9-11(10)12(13)4-2/h5-6,8-9,12H,3-4,7,13H2,1-2H3/t12-/m0/s1. The molecule has 0 saturated heterocycles. The Morgan fingerprint density at radius 1 is 1.23 bits per heavy atom. The Morgan fingerprint density at radius 3 is 2.54 bits per heavy atom. The minimum absolute atomic E-state index is 0.211. The first kappa shape index (κ1) is 10.3. The van der Waals surface area contributed by atoms with E-state index in [2.05, 4.69) is 38.1 Å². The largest absolute Gasteiger partial charge is 0.324 e. The summed E-state index contributed by atoms with van der Waals surface area (Å²) in [5.74, 6) is 0. The fourth-order valence-corrected chi connectivity index (χ4v) is 1.61. The van der Waals surface area contributed by atoms with E-state index >= 15 is 0 Å². The van der Waals surface area contributed by atoms with Gasteiger partial charge in [-0.3, -0.25) is 0 Å². The van der Waals surface area contributed by atoms with Crippen molar-refractivity contribution in [2.75, 3.05) is 0 Å². The van der Waals surface area contributed by atoms with E-state index in [9.17, 15) is 0 Å². The highest BCUT2D eigenvalue weighted by atomic mass is 14.6. The van der Waals surface area contributed by atoms with Crippen LogP contribution in [0, 0.1) is 0 Å². The number of rotatable bonds is 4. The molecule has 0 unspecified atom stereocenters. The van der Waals surface area contributed by atoms with E-state index in [1.54, 1.807) is 0 Å². The first-order valence-corrected chi connectivity index (χ1v) is 5.13. The molecule has 0 heterocycles. The number of hydrogen-bond acceptors (Lipinski definition) is 1. The Morgan fingerprint density at radius 2 is 1.92 bits per heavy atom. The predicted octanol–water partition coefficient (Wildman–Crippen LogP) is 3.05. The molecule has 1 aromatic rings. The van der Waals surface area contributed by atoms with E-state index in [4.69, 9.17) is 5.73 Å². The van der Waals surface area contributed by atoms with Gasteiger partial charge in [0.15, 0.2) is 0 Å². The van der Waals surface area contributed by atoms with Crippen LogP contribution in [0.4, 0.5) is 0 Å². The van der Waals surface area contributed by atoms with Crippen LogP contribution in [-0.4, -0.2) is 0 Å². The maximum Gasteiger partial charge on any atom is 0.0294 e. The highest BCUT2D eigenvalue weighted by molar-refractivity contribution is 5.29. The van der Waals surface area contributed by atoms with Crippen molar-refractivity contribution in [2.45, 2.75) is 39.2 Å². The Labute approximate surface area is 81.0 Å². The predicted molar refractivity (Wildman–Crippen MR) is 57.7 cm³/mol. The molecule has 13 heavy (non-hydrogen) atoms. The molecule has 0 aliphatic carbocycles. The lowest BCUT2D eigenvalue weighted by Gasteiger charge is -2.14. The van der Waals surface area contributed by atoms with Gasteiger partial charge in [0.25, 0.3) is 0 Å². The molecule has 0 aliphatic heterocycles. The highest BCUT2D eigenvalue weighted by Gasteiger charge is 2.06. The van der Waals surface area contributed by atoms with Gasteiger partial charge in [0.05, 0.1) is 0 Å². The topological polar surface area (TPSA) is 26.0 Å². The summed E-state index contributed by atoms with van der Waals surface area (Å²) in [7, 11) is 0. The third-order valence-electron chi connectivity index (χ3n) is 2.41. The summed E-state index contributed by atoms with van der Waals surface area (Å²) in [6, 6.07) is 8.72. The number of benzene rings is 1. The molecule has 1 atom stereocenters. The fourth-order valence-electron chi connectivity index (χ4n) is 1.61. The zero-order valence-electron chi connectivity index (χ0n) is 8.59. The Hall–Kier alpha value is -0.820. The van der Waals surface area contributed by atoms with Gasteiger partial charge in [-0.05, 0) is 24.0 Å². The number of aryl methyl sites for hydroxylation is 1. The SMILES string of the molecule is CCCc1ccccc1[C@@H](N)CC. The fraction of sp³-hybridized carbons (Fsp3) is 0.500. The van der Waals surface area contributed by atoms with Crippen molar-refractivity contribution in [3.05, 3.63) is 35.4 Å². The average Bonchev–Trinajstić information content (AvgIpc) is 2.18. The summed E-state index contributed by atoms with van der Waals surface area (Å²) in [4.78, 5) is 0. The molecule has 1 nitrogen and oxygen atoms in total. The average molecular weight is 177 g/mol. The third kappa shape index (κ3) is 2.56.